The lowest BCUT2D eigenvalue weighted by Gasteiger charge is -2.11. The topological polar surface area (TPSA) is 146 Å². The van der Waals surface area contributed by atoms with Gasteiger partial charge in [0.2, 0.25) is 0 Å². The van der Waals surface area contributed by atoms with E-state index >= 15 is 0 Å². The molecule has 2 heterocycles. The Kier molecular flexibility index (Phi) is 6.68. The van der Waals surface area contributed by atoms with Crippen molar-refractivity contribution in [1.29, 1.82) is 0 Å². The molecule has 0 saturated carbocycles. The summed E-state index contributed by atoms with van der Waals surface area (Å²) in [6.07, 6.45) is 3.48. The van der Waals surface area contributed by atoms with Crippen molar-refractivity contribution in [3.05, 3.63) is 52.5 Å². The molecule has 4 N–H and O–H groups in total. The molecule has 0 aliphatic carbocycles. The number of H-pyrrole nitrogens is 2. The summed E-state index contributed by atoms with van der Waals surface area (Å²) in [5, 5.41) is 22.6. The first-order chi connectivity index (χ1) is 12.6. The quantitative estimate of drug-likeness (QED) is 0.470. The predicted molar refractivity (Wildman–Crippen MR) is 91.8 cm³/mol. The van der Waals surface area contributed by atoms with Gasteiger partial charge in [-0.2, -0.15) is 5.10 Å². The van der Waals surface area contributed by atoms with Gasteiger partial charge in [-0.1, -0.05) is 0 Å². The second-order valence-electron chi connectivity index (χ2n) is 5.02. The van der Waals surface area contributed by atoms with Crippen molar-refractivity contribution in [2.75, 3.05) is 6.61 Å². The fourth-order valence-corrected chi connectivity index (χ4v) is 2.38. The molecule has 0 atom stereocenters. The second-order valence-corrected chi connectivity index (χ2v) is 5.02. The molecular weight excluding hydrogens is 342 g/mol. The van der Waals surface area contributed by atoms with Gasteiger partial charge in [0.15, 0.2) is 5.82 Å². The van der Waals surface area contributed by atoms with E-state index in [9.17, 15) is 9.90 Å². The zero-order chi connectivity index (χ0) is 18.9. The van der Waals surface area contributed by atoms with E-state index < -0.39 is 0 Å². The van der Waals surface area contributed by atoms with E-state index in [-0.39, 0.29) is 18.8 Å². The highest BCUT2D eigenvalue weighted by atomic mass is 16.5. The van der Waals surface area contributed by atoms with Crippen LogP contribution in [0.2, 0.25) is 0 Å². The molecule has 0 amide bonds. The molecule has 3 aromatic rings. The number of rotatable bonds is 6. The number of hydrogen-bond donors (Lipinski definition) is 4. The molecule has 0 unspecified atom stereocenters. The van der Waals surface area contributed by atoms with Crippen molar-refractivity contribution in [2.24, 2.45) is 0 Å². The third-order valence-electron chi connectivity index (χ3n) is 3.37. The fourth-order valence-electron chi connectivity index (χ4n) is 2.38. The summed E-state index contributed by atoms with van der Waals surface area (Å²) >= 11 is 0. The number of ether oxygens (including phenoxy) is 1. The summed E-state index contributed by atoms with van der Waals surface area (Å²) in [5.74, 6) is 1.89. The second kappa shape index (κ2) is 9.18. The minimum atomic E-state index is -0.342. The Morgan fingerprint density at radius 3 is 2.77 bits per heavy atom. The number of carboxylic acid groups (broad SMARTS) is 1. The largest absolute Gasteiger partial charge is 0.494 e. The van der Waals surface area contributed by atoms with Crippen LogP contribution < -0.4 is 10.4 Å². The van der Waals surface area contributed by atoms with Gasteiger partial charge in [-0.3, -0.25) is 9.78 Å². The van der Waals surface area contributed by atoms with Crippen molar-refractivity contribution in [1.82, 2.24) is 24.7 Å². The average molecular weight is 361 g/mol. The Balaban J connectivity index is 0.000000758. The number of aliphatic hydroxyl groups is 1. The lowest BCUT2D eigenvalue weighted by atomic mass is 10.1. The van der Waals surface area contributed by atoms with Gasteiger partial charge in [-0.25, -0.2) is 14.9 Å². The third kappa shape index (κ3) is 4.57. The lowest BCUT2D eigenvalue weighted by molar-refractivity contribution is -0.122. The van der Waals surface area contributed by atoms with Crippen LogP contribution in [-0.2, 0) is 17.9 Å². The maximum absolute atomic E-state index is 11.1. The molecule has 0 bridgehead atoms. The van der Waals surface area contributed by atoms with E-state index in [1.54, 1.807) is 12.4 Å². The van der Waals surface area contributed by atoms with Crippen LogP contribution in [-0.4, -0.2) is 48.0 Å². The Labute approximate surface area is 148 Å². The van der Waals surface area contributed by atoms with E-state index in [0.717, 1.165) is 5.56 Å². The SMILES string of the molecule is CCOc1ccc(-c2nccn2Cc2n[nH]c(=O)[nH]2)cc1CO.O=CO. The molecule has 0 aliphatic rings. The molecule has 0 radical (unpaired) electrons. The first kappa shape index (κ1) is 18.9. The van der Waals surface area contributed by atoms with Gasteiger partial charge in [0.1, 0.15) is 11.6 Å². The van der Waals surface area contributed by atoms with Crippen molar-refractivity contribution in [2.45, 2.75) is 20.1 Å². The van der Waals surface area contributed by atoms with Crippen LogP contribution in [0.3, 0.4) is 0 Å². The Hall–Kier alpha value is -3.40. The van der Waals surface area contributed by atoms with Crippen LogP contribution in [0.4, 0.5) is 0 Å². The molecule has 10 heteroatoms. The number of benzene rings is 1. The van der Waals surface area contributed by atoms with Gasteiger partial charge in [0.25, 0.3) is 6.47 Å². The van der Waals surface area contributed by atoms with Gasteiger partial charge >= 0.3 is 5.69 Å². The van der Waals surface area contributed by atoms with Gasteiger partial charge in [0, 0.05) is 23.5 Å². The summed E-state index contributed by atoms with van der Waals surface area (Å²) < 4.78 is 7.35. The Morgan fingerprint density at radius 2 is 2.15 bits per heavy atom. The van der Waals surface area contributed by atoms with E-state index in [2.05, 4.69) is 20.2 Å². The van der Waals surface area contributed by atoms with Gasteiger partial charge < -0.3 is 19.5 Å². The van der Waals surface area contributed by atoms with Crippen LogP contribution in [0.1, 0.15) is 18.3 Å². The van der Waals surface area contributed by atoms with Crippen LogP contribution >= 0.6 is 0 Å². The van der Waals surface area contributed by atoms with E-state index in [4.69, 9.17) is 14.6 Å². The van der Waals surface area contributed by atoms with Gasteiger partial charge in [0.05, 0.1) is 19.8 Å². The van der Waals surface area contributed by atoms with Crippen molar-refractivity contribution < 1.29 is 19.7 Å². The van der Waals surface area contributed by atoms with Crippen LogP contribution in [0, 0.1) is 0 Å². The fraction of sp³-hybridized carbons (Fsp3) is 0.250. The number of nitrogens with zero attached hydrogens (tertiary/aromatic N) is 3. The van der Waals surface area contributed by atoms with E-state index in [1.165, 1.54) is 0 Å². The summed E-state index contributed by atoms with van der Waals surface area (Å²) in [7, 11) is 0. The molecule has 3 rings (SSSR count). The number of imidazole rings is 1. The summed E-state index contributed by atoms with van der Waals surface area (Å²) in [4.78, 5) is 26.4. The molecule has 10 nitrogen and oxygen atoms in total. The maximum Gasteiger partial charge on any atom is 0.340 e. The summed E-state index contributed by atoms with van der Waals surface area (Å²) in [6, 6.07) is 5.55. The maximum atomic E-state index is 11.1. The standard InChI is InChI=1S/C15H17N5O3.CH2O2/c1-2-23-12-4-3-10(7-11(12)9-21)14-16-5-6-20(14)8-13-17-15(22)19-18-13;2-1-3/h3-7,21H,2,8-9H2,1H3,(H2,17,18,19,22);1H,(H,2,3). The molecule has 1 aromatic carbocycles. The van der Waals surface area contributed by atoms with Gasteiger partial charge in [-0.05, 0) is 25.1 Å². The van der Waals surface area contributed by atoms with Crippen molar-refractivity contribution in [3.63, 3.8) is 0 Å². The number of aliphatic hydroxyl groups excluding tert-OH is 1. The van der Waals surface area contributed by atoms with Crippen molar-refractivity contribution in [3.8, 4) is 17.1 Å². The number of carbonyl (C=O) groups is 1. The van der Waals surface area contributed by atoms with Crippen molar-refractivity contribution >= 4 is 6.47 Å². The lowest BCUT2D eigenvalue weighted by Crippen LogP contribution is -2.05. The molecule has 0 saturated heterocycles. The third-order valence-corrected chi connectivity index (χ3v) is 3.37. The molecular formula is C16H19N5O5. The summed E-state index contributed by atoms with van der Waals surface area (Å²) in [6.45, 7) is 2.45. The average Bonchev–Trinajstić information content (AvgIpc) is 3.25. The highest BCUT2D eigenvalue weighted by molar-refractivity contribution is 5.59. The number of nitrogens with one attached hydrogen (secondary N) is 2. The predicted octanol–water partition coefficient (Wildman–Crippen LogP) is 0.602. The molecule has 26 heavy (non-hydrogen) atoms. The molecule has 2 aromatic heterocycles. The monoisotopic (exact) mass is 361 g/mol. The molecule has 0 spiro atoms. The number of hydrogen-bond acceptors (Lipinski definition) is 6. The van der Waals surface area contributed by atoms with Crippen LogP contribution in [0.5, 0.6) is 5.75 Å². The zero-order valence-electron chi connectivity index (χ0n) is 14.0. The smallest absolute Gasteiger partial charge is 0.340 e. The Morgan fingerprint density at radius 1 is 1.38 bits per heavy atom. The highest BCUT2D eigenvalue weighted by Crippen LogP contribution is 2.26. The number of aromatic nitrogens is 5. The first-order valence-corrected chi connectivity index (χ1v) is 7.72. The van der Waals surface area contributed by atoms with E-state index in [0.29, 0.717) is 36.1 Å². The molecule has 138 valence electrons. The minimum absolute atomic E-state index is 0.115. The van der Waals surface area contributed by atoms with E-state index in [1.807, 2.05) is 29.7 Å². The highest BCUT2D eigenvalue weighted by Gasteiger charge is 2.11. The van der Waals surface area contributed by atoms with Crippen LogP contribution in [0.25, 0.3) is 11.4 Å². The zero-order valence-corrected chi connectivity index (χ0v) is 14.0. The summed E-state index contributed by atoms with van der Waals surface area (Å²) in [5.41, 5.74) is 1.21. The Bertz CT molecular complexity index is 898. The molecule has 0 fully saturated rings. The minimum Gasteiger partial charge on any atom is -0.494 e. The molecule has 0 aliphatic heterocycles. The number of aromatic amines is 2. The first-order valence-electron chi connectivity index (χ1n) is 7.72. The van der Waals surface area contributed by atoms with Crippen LogP contribution in [0.15, 0.2) is 35.4 Å². The normalized spacial score (nSPS) is 10.1. The van der Waals surface area contributed by atoms with Gasteiger partial charge in [-0.15, -0.1) is 0 Å².